The third-order valence-electron chi connectivity index (χ3n) is 5.98. The van der Waals surface area contributed by atoms with Crippen LogP contribution in [0.25, 0.3) is 22.6 Å². The molecule has 1 saturated heterocycles. The second-order valence-electron chi connectivity index (χ2n) is 7.74. The Hall–Kier alpha value is -3.39. The zero-order valence-corrected chi connectivity index (χ0v) is 18.8. The van der Waals surface area contributed by atoms with E-state index in [9.17, 15) is 4.79 Å². The number of para-hydroxylation sites is 2. The standard InChI is InChI=1S/C24H24N4O3S/c1-30-16-9-10-17(22(12-16)31-2)20-8-5-11-27(20)23(29)13-28-21-7-4-3-6-18(21)26-24(28)19-14-32-15-25-19/h3-4,6-7,9-10,12,14-15,20H,5,8,11,13H2,1-2H3. The summed E-state index contributed by atoms with van der Waals surface area (Å²) in [7, 11) is 3.28. The molecule has 0 radical (unpaired) electrons. The van der Waals surface area contributed by atoms with Gasteiger partial charge in [-0.05, 0) is 37.1 Å². The maximum Gasteiger partial charge on any atom is 0.243 e. The first-order valence-electron chi connectivity index (χ1n) is 10.5. The van der Waals surface area contributed by atoms with E-state index in [1.54, 1.807) is 19.7 Å². The number of carbonyl (C=O) groups excluding carboxylic acids is 1. The molecule has 1 unspecified atom stereocenters. The number of thiazole rings is 1. The van der Waals surface area contributed by atoms with Crippen LogP contribution in [0, 0.1) is 0 Å². The van der Waals surface area contributed by atoms with Crippen LogP contribution in [0.5, 0.6) is 11.5 Å². The molecule has 4 aromatic rings. The minimum absolute atomic E-state index is 0.0270. The molecule has 0 bridgehead atoms. The first kappa shape index (κ1) is 20.5. The summed E-state index contributed by atoms with van der Waals surface area (Å²) in [5, 5.41) is 1.96. The van der Waals surface area contributed by atoms with Gasteiger partial charge in [0, 0.05) is 23.6 Å². The number of fused-ring (bicyclic) bond motifs is 1. The third kappa shape index (κ3) is 3.60. The van der Waals surface area contributed by atoms with E-state index in [2.05, 4.69) is 4.98 Å². The third-order valence-corrected chi connectivity index (χ3v) is 6.57. The highest BCUT2D eigenvalue weighted by Crippen LogP contribution is 2.39. The van der Waals surface area contributed by atoms with Crippen molar-refractivity contribution in [1.82, 2.24) is 19.4 Å². The van der Waals surface area contributed by atoms with Crippen molar-refractivity contribution in [1.29, 1.82) is 0 Å². The molecular weight excluding hydrogens is 424 g/mol. The number of benzene rings is 2. The zero-order valence-electron chi connectivity index (χ0n) is 18.0. The lowest BCUT2D eigenvalue weighted by Gasteiger charge is -2.27. The summed E-state index contributed by atoms with van der Waals surface area (Å²) >= 11 is 1.52. The van der Waals surface area contributed by atoms with Gasteiger partial charge in [0.15, 0.2) is 5.82 Å². The monoisotopic (exact) mass is 448 g/mol. The van der Waals surface area contributed by atoms with Gasteiger partial charge in [-0.15, -0.1) is 11.3 Å². The first-order chi connectivity index (χ1) is 15.7. The van der Waals surface area contributed by atoms with Crippen molar-refractivity contribution in [3.05, 3.63) is 58.9 Å². The summed E-state index contributed by atoms with van der Waals surface area (Å²) in [5.41, 5.74) is 5.37. The van der Waals surface area contributed by atoms with Crippen molar-refractivity contribution in [2.24, 2.45) is 0 Å². The van der Waals surface area contributed by atoms with Gasteiger partial charge in [0.25, 0.3) is 0 Å². The summed E-state index contributed by atoms with van der Waals surface area (Å²) in [6.07, 6.45) is 1.85. The predicted octanol–water partition coefficient (Wildman–Crippen LogP) is 4.54. The number of hydrogen-bond donors (Lipinski definition) is 0. The van der Waals surface area contributed by atoms with Crippen molar-refractivity contribution in [3.8, 4) is 23.0 Å². The number of nitrogens with zero attached hydrogens (tertiary/aromatic N) is 4. The fraction of sp³-hybridized carbons (Fsp3) is 0.292. The molecule has 7 nitrogen and oxygen atoms in total. The Morgan fingerprint density at radius 2 is 2.06 bits per heavy atom. The van der Waals surface area contributed by atoms with Crippen LogP contribution in [0.2, 0.25) is 0 Å². The van der Waals surface area contributed by atoms with Gasteiger partial charge in [-0.2, -0.15) is 0 Å². The van der Waals surface area contributed by atoms with Gasteiger partial charge < -0.3 is 18.9 Å². The molecule has 0 aliphatic carbocycles. The zero-order chi connectivity index (χ0) is 22.1. The van der Waals surface area contributed by atoms with Crippen LogP contribution in [0.1, 0.15) is 24.4 Å². The van der Waals surface area contributed by atoms with Crippen molar-refractivity contribution in [3.63, 3.8) is 0 Å². The van der Waals surface area contributed by atoms with Crippen molar-refractivity contribution < 1.29 is 14.3 Å². The summed E-state index contributed by atoms with van der Waals surface area (Å²) in [4.78, 5) is 24.7. The van der Waals surface area contributed by atoms with E-state index in [4.69, 9.17) is 14.5 Å². The molecule has 1 fully saturated rings. The van der Waals surface area contributed by atoms with Crippen molar-refractivity contribution >= 4 is 28.3 Å². The number of ether oxygens (including phenoxy) is 2. The van der Waals surface area contributed by atoms with Gasteiger partial charge in [0.2, 0.25) is 5.91 Å². The Morgan fingerprint density at radius 1 is 1.19 bits per heavy atom. The average molecular weight is 449 g/mol. The van der Waals surface area contributed by atoms with E-state index in [1.807, 2.05) is 57.3 Å². The first-order valence-corrected chi connectivity index (χ1v) is 11.5. The van der Waals surface area contributed by atoms with Gasteiger partial charge in [0.05, 0.1) is 36.8 Å². The summed E-state index contributed by atoms with van der Waals surface area (Å²) in [6.45, 7) is 0.930. The van der Waals surface area contributed by atoms with Crippen LogP contribution in [0.4, 0.5) is 0 Å². The lowest BCUT2D eigenvalue weighted by molar-refractivity contribution is -0.132. The largest absolute Gasteiger partial charge is 0.497 e. The maximum absolute atomic E-state index is 13.6. The predicted molar refractivity (Wildman–Crippen MR) is 124 cm³/mol. The molecular formula is C24H24N4O3S. The molecule has 5 rings (SSSR count). The Kier molecular flexibility index (Phi) is 5.53. The van der Waals surface area contributed by atoms with Crippen LogP contribution < -0.4 is 9.47 Å². The van der Waals surface area contributed by atoms with Crippen LogP contribution in [0.15, 0.2) is 53.4 Å². The smallest absolute Gasteiger partial charge is 0.243 e. The summed E-state index contributed by atoms with van der Waals surface area (Å²) in [5.74, 6) is 2.26. The highest BCUT2D eigenvalue weighted by Gasteiger charge is 2.32. The van der Waals surface area contributed by atoms with Gasteiger partial charge in [-0.3, -0.25) is 4.79 Å². The van der Waals surface area contributed by atoms with Crippen LogP contribution >= 0.6 is 11.3 Å². The normalized spacial score (nSPS) is 15.9. The van der Waals surface area contributed by atoms with E-state index in [1.165, 1.54) is 11.3 Å². The van der Waals surface area contributed by atoms with Crippen molar-refractivity contribution in [2.45, 2.75) is 25.4 Å². The molecule has 3 heterocycles. The molecule has 1 atom stereocenters. The Morgan fingerprint density at radius 3 is 2.84 bits per heavy atom. The summed E-state index contributed by atoms with van der Waals surface area (Å²) < 4.78 is 12.9. The van der Waals surface area contributed by atoms with Gasteiger partial charge in [0.1, 0.15) is 23.7 Å². The lowest BCUT2D eigenvalue weighted by Crippen LogP contribution is -2.33. The maximum atomic E-state index is 13.6. The Labute approximate surface area is 190 Å². The summed E-state index contributed by atoms with van der Waals surface area (Å²) in [6, 6.07) is 13.7. The van der Waals surface area contributed by atoms with E-state index < -0.39 is 0 Å². The molecule has 0 spiro atoms. The van der Waals surface area contributed by atoms with Gasteiger partial charge >= 0.3 is 0 Å². The van der Waals surface area contributed by atoms with Crippen LogP contribution in [-0.2, 0) is 11.3 Å². The number of likely N-dealkylation sites (tertiary alicyclic amines) is 1. The molecule has 8 heteroatoms. The van der Waals surface area contributed by atoms with E-state index >= 15 is 0 Å². The van der Waals surface area contributed by atoms with Crippen LogP contribution in [0.3, 0.4) is 0 Å². The molecule has 164 valence electrons. The molecule has 0 N–H and O–H groups in total. The number of aromatic nitrogens is 3. The van der Waals surface area contributed by atoms with E-state index in [0.717, 1.165) is 59.0 Å². The molecule has 0 saturated carbocycles. The second-order valence-corrected chi connectivity index (χ2v) is 8.46. The number of carbonyl (C=O) groups is 1. The van der Waals surface area contributed by atoms with E-state index in [0.29, 0.717) is 0 Å². The molecule has 1 amide bonds. The molecule has 1 aliphatic rings. The molecule has 2 aromatic carbocycles. The molecule has 1 aliphatic heterocycles. The topological polar surface area (TPSA) is 69.5 Å². The average Bonchev–Trinajstić information content (AvgIpc) is 3.58. The van der Waals surface area contributed by atoms with Crippen LogP contribution in [-0.4, -0.2) is 46.1 Å². The minimum atomic E-state index is -0.0270. The quantitative estimate of drug-likeness (QED) is 0.433. The highest BCUT2D eigenvalue weighted by atomic mass is 32.1. The fourth-order valence-electron chi connectivity index (χ4n) is 4.46. The Balaban J connectivity index is 1.48. The van der Waals surface area contributed by atoms with Gasteiger partial charge in [-0.1, -0.05) is 12.1 Å². The van der Waals surface area contributed by atoms with E-state index in [-0.39, 0.29) is 18.5 Å². The van der Waals surface area contributed by atoms with Crippen molar-refractivity contribution in [2.75, 3.05) is 20.8 Å². The minimum Gasteiger partial charge on any atom is -0.497 e. The number of imidazole rings is 1. The number of amides is 1. The number of rotatable bonds is 6. The second kappa shape index (κ2) is 8.63. The number of methoxy groups -OCH3 is 2. The molecule has 32 heavy (non-hydrogen) atoms. The van der Waals surface area contributed by atoms with Gasteiger partial charge in [-0.25, -0.2) is 9.97 Å². The molecule has 2 aromatic heterocycles. The fourth-order valence-corrected chi connectivity index (χ4v) is 4.99. The highest BCUT2D eigenvalue weighted by molar-refractivity contribution is 7.07. The SMILES string of the molecule is COc1ccc(C2CCCN2C(=O)Cn2c(-c3cscn3)nc3ccccc32)c(OC)c1. The Bertz CT molecular complexity index is 1250. The lowest BCUT2D eigenvalue weighted by atomic mass is 10.0. The number of hydrogen-bond acceptors (Lipinski definition) is 6.